The molecule has 4 nitrogen and oxygen atoms in total. The van der Waals surface area contributed by atoms with Crippen molar-refractivity contribution in [3.05, 3.63) is 22.2 Å². The third kappa shape index (κ3) is 2.87. The molecule has 0 aliphatic rings. The molecule has 5 heteroatoms. The third-order valence-corrected chi connectivity index (χ3v) is 3.00. The van der Waals surface area contributed by atoms with Gasteiger partial charge in [-0.05, 0) is 41.0 Å². The van der Waals surface area contributed by atoms with Crippen LogP contribution >= 0.6 is 15.9 Å². The minimum absolute atomic E-state index is 0.137. The molecule has 0 amide bonds. The van der Waals surface area contributed by atoms with Gasteiger partial charge in [-0.3, -0.25) is 0 Å². The lowest BCUT2D eigenvalue weighted by atomic mass is 10.0. The van der Waals surface area contributed by atoms with Gasteiger partial charge in [0.2, 0.25) is 0 Å². The van der Waals surface area contributed by atoms with E-state index in [0.717, 1.165) is 21.5 Å². The lowest BCUT2D eigenvalue weighted by molar-refractivity contribution is 0.392. The number of hydrogen-bond acceptors (Lipinski definition) is 4. The van der Waals surface area contributed by atoms with Crippen molar-refractivity contribution in [1.29, 1.82) is 0 Å². The van der Waals surface area contributed by atoms with Crippen molar-refractivity contribution in [2.24, 2.45) is 11.5 Å². The van der Waals surface area contributed by atoms with E-state index in [1.807, 2.05) is 12.1 Å². The van der Waals surface area contributed by atoms with Crippen LogP contribution in [-0.4, -0.2) is 20.8 Å². The minimum atomic E-state index is -0.137. The molecule has 0 spiro atoms. The normalized spacial score (nSPS) is 12.3. The van der Waals surface area contributed by atoms with E-state index in [0.29, 0.717) is 13.0 Å². The molecule has 1 rings (SSSR count). The Morgan fingerprint density at radius 1 is 1.25 bits per heavy atom. The molecule has 1 atom stereocenters. The molecule has 1 aromatic rings. The fourth-order valence-electron chi connectivity index (χ4n) is 1.51. The zero-order valence-corrected chi connectivity index (χ0v) is 11.1. The highest BCUT2D eigenvalue weighted by Gasteiger charge is 2.15. The fourth-order valence-corrected chi connectivity index (χ4v) is 1.99. The van der Waals surface area contributed by atoms with Crippen LogP contribution in [0, 0.1) is 0 Å². The van der Waals surface area contributed by atoms with Crippen molar-refractivity contribution in [2.75, 3.05) is 20.8 Å². The summed E-state index contributed by atoms with van der Waals surface area (Å²) in [6.07, 6.45) is 0.709. The molecule has 0 bridgehead atoms. The van der Waals surface area contributed by atoms with Gasteiger partial charge in [0.25, 0.3) is 0 Å². The first kappa shape index (κ1) is 13.3. The molecule has 0 saturated heterocycles. The van der Waals surface area contributed by atoms with Gasteiger partial charge >= 0.3 is 0 Å². The number of hydrogen-bond donors (Lipinski definition) is 2. The molecule has 0 aromatic heterocycles. The number of benzene rings is 1. The molecule has 0 aliphatic carbocycles. The summed E-state index contributed by atoms with van der Waals surface area (Å²) < 4.78 is 11.4. The van der Waals surface area contributed by atoms with E-state index >= 15 is 0 Å². The van der Waals surface area contributed by atoms with Crippen LogP contribution in [0.25, 0.3) is 0 Å². The molecule has 4 N–H and O–H groups in total. The highest BCUT2D eigenvalue weighted by molar-refractivity contribution is 9.10. The van der Waals surface area contributed by atoms with Crippen LogP contribution in [0.3, 0.4) is 0 Å². The summed E-state index contributed by atoms with van der Waals surface area (Å²) in [6.45, 7) is 0.544. The summed E-state index contributed by atoms with van der Waals surface area (Å²) in [5.41, 5.74) is 12.4. The summed E-state index contributed by atoms with van der Waals surface area (Å²) in [7, 11) is 3.23. The first-order valence-electron chi connectivity index (χ1n) is 5.01. The molecule has 0 radical (unpaired) electrons. The molecule has 90 valence electrons. The molecular weight excluding hydrogens is 272 g/mol. The van der Waals surface area contributed by atoms with Crippen molar-refractivity contribution in [2.45, 2.75) is 12.5 Å². The number of nitrogens with two attached hydrogens (primary N) is 2. The van der Waals surface area contributed by atoms with E-state index in [1.54, 1.807) is 14.2 Å². The van der Waals surface area contributed by atoms with E-state index in [9.17, 15) is 0 Å². The Morgan fingerprint density at radius 2 is 1.88 bits per heavy atom. The van der Waals surface area contributed by atoms with Gasteiger partial charge in [-0.2, -0.15) is 0 Å². The Balaban J connectivity index is 3.13. The summed E-state index contributed by atoms with van der Waals surface area (Å²) >= 11 is 3.40. The first-order chi connectivity index (χ1) is 7.63. The van der Waals surface area contributed by atoms with E-state index in [-0.39, 0.29) is 6.04 Å². The number of methoxy groups -OCH3 is 2. The highest BCUT2D eigenvalue weighted by Crippen LogP contribution is 2.35. The second-order valence-electron chi connectivity index (χ2n) is 3.41. The van der Waals surface area contributed by atoms with Crippen molar-refractivity contribution < 1.29 is 9.47 Å². The van der Waals surface area contributed by atoms with Crippen molar-refractivity contribution in [3.8, 4) is 11.5 Å². The quantitative estimate of drug-likeness (QED) is 0.867. The average Bonchev–Trinajstić information content (AvgIpc) is 2.28. The Labute approximate surface area is 104 Å². The van der Waals surface area contributed by atoms with Crippen LogP contribution in [-0.2, 0) is 0 Å². The predicted molar refractivity (Wildman–Crippen MR) is 67.8 cm³/mol. The van der Waals surface area contributed by atoms with Gasteiger partial charge in [-0.25, -0.2) is 0 Å². The van der Waals surface area contributed by atoms with E-state index in [1.165, 1.54) is 0 Å². The predicted octanol–water partition coefficient (Wildman–Crippen LogP) is 1.81. The Kier molecular flexibility index (Phi) is 5.05. The van der Waals surface area contributed by atoms with Crippen molar-refractivity contribution in [3.63, 3.8) is 0 Å². The number of ether oxygens (including phenoxy) is 2. The Hall–Kier alpha value is -0.780. The van der Waals surface area contributed by atoms with E-state index < -0.39 is 0 Å². The van der Waals surface area contributed by atoms with Gasteiger partial charge in [0.15, 0.2) is 0 Å². The molecule has 0 fully saturated rings. The van der Waals surface area contributed by atoms with Crippen molar-refractivity contribution >= 4 is 15.9 Å². The molecule has 0 unspecified atom stereocenters. The molecule has 16 heavy (non-hydrogen) atoms. The first-order valence-corrected chi connectivity index (χ1v) is 5.80. The SMILES string of the molecule is COc1cc([C@H](N)CCN)c(OC)cc1Br. The largest absolute Gasteiger partial charge is 0.496 e. The smallest absolute Gasteiger partial charge is 0.133 e. The van der Waals surface area contributed by atoms with Crippen molar-refractivity contribution in [1.82, 2.24) is 0 Å². The maximum atomic E-state index is 6.02. The highest BCUT2D eigenvalue weighted by atomic mass is 79.9. The second-order valence-corrected chi connectivity index (χ2v) is 4.27. The summed E-state index contributed by atoms with van der Waals surface area (Å²) in [5, 5.41) is 0. The zero-order chi connectivity index (χ0) is 12.1. The summed E-state index contributed by atoms with van der Waals surface area (Å²) in [6, 6.07) is 3.59. The van der Waals surface area contributed by atoms with E-state index in [4.69, 9.17) is 20.9 Å². The standard InChI is InChI=1S/C11H17BrN2O2/c1-15-10-6-8(12)11(16-2)5-7(10)9(14)3-4-13/h5-6,9H,3-4,13-14H2,1-2H3/t9-/m1/s1. The minimum Gasteiger partial charge on any atom is -0.496 e. The molecule has 0 aliphatic heterocycles. The molecule has 1 aromatic carbocycles. The van der Waals surface area contributed by atoms with Gasteiger partial charge in [0.05, 0.1) is 18.7 Å². The van der Waals surface area contributed by atoms with Crippen LogP contribution in [0.1, 0.15) is 18.0 Å². The fraction of sp³-hybridized carbons (Fsp3) is 0.455. The summed E-state index contributed by atoms with van der Waals surface area (Å²) in [4.78, 5) is 0. The van der Waals surface area contributed by atoms with Crippen LogP contribution in [0.4, 0.5) is 0 Å². The topological polar surface area (TPSA) is 70.5 Å². The van der Waals surface area contributed by atoms with Gasteiger partial charge in [0, 0.05) is 11.6 Å². The number of halogens is 1. The second kappa shape index (κ2) is 6.08. The lowest BCUT2D eigenvalue weighted by Gasteiger charge is -2.17. The van der Waals surface area contributed by atoms with Crippen LogP contribution in [0.5, 0.6) is 11.5 Å². The van der Waals surface area contributed by atoms with E-state index in [2.05, 4.69) is 15.9 Å². The van der Waals surface area contributed by atoms with Gasteiger partial charge in [0.1, 0.15) is 11.5 Å². The Morgan fingerprint density at radius 3 is 2.38 bits per heavy atom. The molecule has 0 saturated carbocycles. The van der Waals surface area contributed by atoms with Crippen LogP contribution in [0.15, 0.2) is 16.6 Å². The maximum absolute atomic E-state index is 6.02. The number of rotatable bonds is 5. The Bertz CT molecular complexity index is 358. The van der Waals surface area contributed by atoms with Crippen LogP contribution < -0.4 is 20.9 Å². The summed E-state index contributed by atoms with van der Waals surface area (Å²) in [5.74, 6) is 1.48. The van der Waals surface area contributed by atoms with Gasteiger partial charge < -0.3 is 20.9 Å². The lowest BCUT2D eigenvalue weighted by Crippen LogP contribution is -2.16. The van der Waals surface area contributed by atoms with Gasteiger partial charge in [-0.15, -0.1) is 0 Å². The average molecular weight is 289 g/mol. The maximum Gasteiger partial charge on any atom is 0.133 e. The molecular formula is C11H17BrN2O2. The third-order valence-electron chi connectivity index (χ3n) is 2.38. The molecule has 0 heterocycles. The monoisotopic (exact) mass is 288 g/mol. The zero-order valence-electron chi connectivity index (χ0n) is 9.50. The van der Waals surface area contributed by atoms with Gasteiger partial charge in [-0.1, -0.05) is 0 Å². The van der Waals surface area contributed by atoms with Crippen LogP contribution in [0.2, 0.25) is 0 Å².